The van der Waals surface area contributed by atoms with Crippen LogP contribution in [0.15, 0.2) is 18.2 Å². The van der Waals surface area contributed by atoms with E-state index >= 15 is 0 Å². The summed E-state index contributed by atoms with van der Waals surface area (Å²) in [6, 6.07) is 4.33. The van der Waals surface area contributed by atoms with Gasteiger partial charge in [0.15, 0.2) is 0 Å². The molecular formula is C15H20O. The number of benzene rings is 1. The molecule has 1 aromatic rings. The summed E-state index contributed by atoms with van der Waals surface area (Å²) in [5.74, 6) is 2.15. The minimum atomic E-state index is 0.540. The first-order valence-corrected chi connectivity index (χ1v) is 6.07. The van der Waals surface area contributed by atoms with Gasteiger partial charge in [0.2, 0.25) is 0 Å². The van der Waals surface area contributed by atoms with Crippen LogP contribution in [0.2, 0.25) is 0 Å². The van der Waals surface area contributed by atoms with Crippen molar-refractivity contribution in [2.24, 2.45) is 0 Å². The zero-order valence-electron chi connectivity index (χ0n) is 10.6. The molecule has 86 valence electrons. The summed E-state index contributed by atoms with van der Waals surface area (Å²) in [7, 11) is 0. The summed E-state index contributed by atoms with van der Waals surface area (Å²) in [5.41, 5.74) is 4.18. The van der Waals surface area contributed by atoms with E-state index in [0.29, 0.717) is 18.4 Å². The van der Waals surface area contributed by atoms with Crippen molar-refractivity contribution in [2.75, 3.05) is 6.61 Å². The Hall–Kier alpha value is -1.24. The maximum absolute atomic E-state index is 5.66. The van der Waals surface area contributed by atoms with Gasteiger partial charge in [0.05, 0.1) is 0 Å². The average Bonchev–Trinajstić information content (AvgIpc) is 2.27. The lowest BCUT2D eigenvalue weighted by atomic mass is 9.86. The lowest BCUT2D eigenvalue weighted by Crippen LogP contribution is -2.07. The molecule has 0 radical (unpaired) electrons. The SMILES string of the molecule is CC(C)c1ccc2c(c1C(C)C)C=CCO2. The molecule has 0 saturated carbocycles. The summed E-state index contributed by atoms with van der Waals surface area (Å²) in [4.78, 5) is 0. The predicted molar refractivity (Wildman–Crippen MR) is 69.1 cm³/mol. The molecule has 0 aromatic heterocycles. The van der Waals surface area contributed by atoms with Crippen LogP contribution in [0.5, 0.6) is 5.75 Å². The van der Waals surface area contributed by atoms with Gasteiger partial charge in [-0.2, -0.15) is 0 Å². The number of hydrogen-bond donors (Lipinski definition) is 0. The van der Waals surface area contributed by atoms with E-state index in [4.69, 9.17) is 4.74 Å². The molecule has 0 spiro atoms. The highest BCUT2D eigenvalue weighted by Crippen LogP contribution is 2.36. The van der Waals surface area contributed by atoms with E-state index in [1.807, 2.05) is 0 Å². The van der Waals surface area contributed by atoms with Crippen LogP contribution in [0.3, 0.4) is 0 Å². The number of hydrogen-bond acceptors (Lipinski definition) is 1. The smallest absolute Gasteiger partial charge is 0.127 e. The van der Waals surface area contributed by atoms with Gasteiger partial charge in [-0.1, -0.05) is 39.8 Å². The molecule has 0 amide bonds. The van der Waals surface area contributed by atoms with E-state index in [2.05, 4.69) is 52.0 Å². The van der Waals surface area contributed by atoms with Crippen LogP contribution in [0.1, 0.15) is 56.2 Å². The third kappa shape index (κ3) is 1.87. The van der Waals surface area contributed by atoms with Crippen molar-refractivity contribution in [1.29, 1.82) is 0 Å². The van der Waals surface area contributed by atoms with Gasteiger partial charge < -0.3 is 4.74 Å². The van der Waals surface area contributed by atoms with E-state index < -0.39 is 0 Å². The fraction of sp³-hybridized carbons (Fsp3) is 0.467. The lowest BCUT2D eigenvalue weighted by molar-refractivity contribution is 0.357. The fourth-order valence-corrected chi connectivity index (χ4v) is 2.38. The van der Waals surface area contributed by atoms with Gasteiger partial charge in [0.1, 0.15) is 12.4 Å². The lowest BCUT2D eigenvalue weighted by Gasteiger charge is -2.23. The average molecular weight is 216 g/mol. The molecule has 16 heavy (non-hydrogen) atoms. The van der Waals surface area contributed by atoms with Gasteiger partial charge >= 0.3 is 0 Å². The van der Waals surface area contributed by atoms with Gasteiger partial charge in [0, 0.05) is 5.56 Å². The summed E-state index contributed by atoms with van der Waals surface area (Å²) in [5, 5.41) is 0. The number of rotatable bonds is 2. The topological polar surface area (TPSA) is 9.23 Å². The molecular weight excluding hydrogens is 196 g/mol. The van der Waals surface area contributed by atoms with Crippen LogP contribution in [0.4, 0.5) is 0 Å². The zero-order chi connectivity index (χ0) is 11.7. The Morgan fingerprint density at radius 3 is 2.44 bits per heavy atom. The predicted octanol–water partition coefficient (Wildman–Crippen LogP) is 4.34. The third-order valence-electron chi connectivity index (χ3n) is 3.10. The van der Waals surface area contributed by atoms with Crippen LogP contribution >= 0.6 is 0 Å². The van der Waals surface area contributed by atoms with Crippen molar-refractivity contribution >= 4 is 6.08 Å². The quantitative estimate of drug-likeness (QED) is 0.714. The zero-order valence-corrected chi connectivity index (χ0v) is 10.6. The largest absolute Gasteiger partial charge is 0.489 e. The Morgan fingerprint density at radius 2 is 1.81 bits per heavy atom. The molecule has 0 atom stereocenters. The van der Waals surface area contributed by atoms with Gasteiger partial charge in [-0.25, -0.2) is 0 Å². The summed E-state index contributed by atoms with van der Waals surface area (Å²) >= 11 is 0. The van der Waals surface area contributed by atoms with Crippen LogP contribution in [0.25, 0.3) is 6.08 Å². The standard InChI is InChI=1S/C15H20O/c1-10(2)12-7-8-14-13(6-5-9-16-14)15(12)11(3)4/h5-8,10-11H,9H2,1-4H3. The van der Waals surface area contributed by atoms with E-state index in [1.165, 1.54) is 16.7 Å². The Labute approximate surface area is 98.1 Å². The van der Waals surface area contributed by atoms with E-state index in [1.54, 1.807) is 0 Å². The fourth-order valence-electron chi connectivity index (χ4n) is 2.38. The van der Waals surface area contributed by atoms with E-state index in [-0.39, 0.29) is 0 Å². The van der Waals surface area contributed by atoms with Crippen molar-refractivity contribution in [3.8, 4) is 5.75 Å². The molecule has 0 saturated heterocycles. The molecule has 0 unspecified atom stereocenters. The normalized spacial score (nSPS) is 14.1. The maximum Gasteiger partial charge on any atom is 0.127 e. The molecule has 1 nitrogen and oxygen atoms in total. The van der Waals surface area contributed by atoms with Crippen molar-refractivity contribution < 1.29 is 4.74 Å². The van der Waals surface area contributed by atoms with Crippen molar-refractivity contribution in [1.82, 2.24) is 0 Å². The molecule has 1 aromatic carbocycles. The highest BCUT2D eigenvalue weighted by atomic mass is 16.5. The second-order valence-corrected chi connectivity index (χ2v) is 5.00. The minimum absolute atomic E-state index is 0.540. The molecule has 0 bridgehead atoms. The summed E-state index contributed by atoms with van der Waals surface area (Å²) in [6.07, 6.45) is 4.30. The Morgan fingerprint density at radius 1 is 1.06 bits per heavy atom. The van der Waals surface area contributed by atoms with Crippen molar-refractivity contribution in [3.05, 3.63) is 34.9 Å². The molecule has 0 fully saturated rings. The first kappa shape index (κ1) is 11.3. The van der Waals surface area contributed by atoms with Crippen LogP contribution < -0.4 is 4.74 Å². The highest BCUT2D eigenvalue weighted by Gasteiger charge is 2.18. The minimum Gasteiger partial charge on any atom is -0.489 e. The Bertz CT molecular complexity index is 414. The summed E-state index contributed by atoms with van der Waals surface area (Å²) < 4.78 is 5.66. The van der Waals surface area contributed by atoms with Crippen LogP contribution in [-0.4, -0.2) is 6.61 Å². The monoisotopic (exact) mass is 216 g/mol. The summed E-state index contributed by atoms with van der Waals surface area (Å²) in [6.45, 7) is 9.71. The van der Waals surface area contributed by atoms with Crippen molar-refractivity contribution in [2.45, 2.75) is 39.5 Å². The van der Waals surface area contributed by atoms with Gasteiger partial charge in [0.25, 0.3) is 0 Å². The Balaban J connectivity index is 2.63. The first-order valence-electron chi connectivity index (χ1n) is 6.07. The maximum atomic E-state index is 5.66. The second kappa shape index (κ2) is 4.32. The number of ether oxygens (including phenoxy) is 1. The molecule has 2 rings (SSSR count). The van der Waals surface area contributed by atoms with E-state index in [9.17, 15) is 0 Å². The Kier molecular flexibility index (Phi) is 3.04. The molecule has 1 heteroatoms. The van der Waals surface area contributed by atoms with Gasteiger partial charge in [-0.3, -0.25) is 0 Å². The van der Waals surface area contributed by atoms with Crippen LogP contribution in [0, 0.1) is 0 Å². The first-order chi connectivity index (χ1) is 7.61. The molecule has 1 aliphatic heterocycles. The van der Waals surface area contributed by atoms with Gasteiger partial charge in [-0.15, -0.1) is 0 Å². The number of fused-ring (bicyclic) bond motifs is 1. The molecule has 1 heterocycles. The molecule has 1 aliphatic rings. The highest BCUT2D eigenvalue weighted by molar-refractivity contribution is 5.66. The van der Waals surface area contributed by atoms with Crippen LogP contribution in [-0.2, 0) is 0 Å². The van der Waals surface area contributed by atoms with Crippen molar-refractivity contribution in [3.63, 3.8) is 0 Å². The van der Waals surface area contributed by atoms with Gasteiger partial charge in [-0.05, 0) is 35.1 Å². The molecule has 0 aliphatic carbocycles. The third-order valence-corrected chi connectivity index (χ3v) is 3.10. The second-order valence-electron chi connectivity index (χ2n) is 5.00. The molecule has 0 N–H and O–H groups in total. The van der Waals surface area contributed by atoms with E-state index in [0.717, 1.165) is 5.75 Å².